The second-order valence-corrected chi connectivity index (χ2v) is 4.89. The van der Waals surface area contributed by atoms with Crippen molar-refractivity contribution in [3.63, 3.8) is 0 Å². The second kappa shape index (κ2) is 3.86. The predicted octanol–water partition coefficient (Wildman–Crippen LogP) is 3.43. The molecular formula is C14H18O2. The van der Waals surface area contributed by atoms with Gasteiger partial charge in [0.05, 0.1) is 6.10 Å². The maximum absolute atomic E-state index is 6.19. The molecule has 0 radical (unpaired) electrons. The van der Waals surface area contributed by atoms with Crippen molar-refractivity contribution in [3.8, 4) is 0 Å². The molecule has 0 bridgehead atoms. The monoisotopic (exact) mass is 218 g/mol. The van der Waals surface area contributed by atoms with Gasteiger partial charge in [-0.05, 0) is 25.3 Å². The molecule has 1 saturated carbocycles. The van der Waals surface area contributed by atoms with Gasteiger partial charge in [0.1, 0.15) is 6.10 Å². The number of hydrogen-bond donors (Lipinski definition) is 0. The minimum atomic E-state index is -0.264. The van der Waals surface area contributed by atoms with Crippen molar-refractivity contribution in [1.82, 2.24) is 0 Å². The fraction of sp³-hybridized carbons (Fsp3) is 0.571. The maximum atomic E-state index is 6.19. The molecule has 3 rings (SSSR count). The van der Waals surface area contributed by atoms with E-state index in [-0.39, 0.29) is 18.0 Å². The summed E-state index contributed by atoms with van der Waals surface area (Å²) in [4.78, 5) is 0. The van der Waals surface area contributed by atoms with E-state index in [2.05, 4.69) is 31.2 Å². The van der Waals surface area contributed by atoms with Crippen molar-refractivity contribution < 1.29 is 9.47 Å². The van der Waals surface area contributed by atoms with E-state index in [4.69, 9.17) is 9.47 Å². The number of rotatable bonds is 1. The summed E-state index contributed by atoms with van der Waals surface area (Å²) >= 11 is 0. The Balaban J connectivity index is 1.83. The van der Waals surface area contributed by atoms with E-state index in [0.29, 0.717) is 0 Å². The molecule has 1 heterocycles. The highest BCUT2D eigenvalue weighted by Gasteiger charge is 2.47. The van der Waals surface area contributed by atoms with E-state index in [1.165, 1.54) is 18.4 Å². The van der Waals surface area contributed by atoms with Gasteiger partial charge in [0.2, 0.25) is 0 Å². The first-order valence-electron chi connectivity index (χ1n) is 6.20. The molecule has 1 aromatic rings. The Kier molecular flexibility index (Phi) is 2.49. The van der Waals surface area contributed by atoms with Gasteiger partial charge in [-0.3, -0.25) is 0 Å². The van der Waals surface area contributed by atoms with Crippen LogP contribution in [0.1, 0.15) is 44.3 Å². The Labute approximate surface area is 96.6 Å². The molecule has 1 spiro atoms. The van der Waals surface area contributed by atoms with Crippen molar-refractivity contribution >= 4 is 0 Å². The van der Waals surface area contributed by atoms with Crippen LogP contribution in [0.3, 0.4) is 0 Å². The van der Waals surface area contributed by atoms with Crippen LogP contribution in [0, 0.1) is 0 Å². The van der Waals surface area contributed by atoms with Crippen LogP contribution >= 0.6 is 0 Å². The van der Waals surface area contributed by atoms with Gasteiger partial charge >= 0.3 is 0 Å². The van der Waals surface area contributed by atoms with Crippen LogP contribution in [0.15, 0.2) is 30.3 Å². The molecule has 2 fully saturated rings. The van der Waals surface area contributed by atoms with Gasteiger partial charge in [-0.1, -0.05) is 30.3 Å². The van der Waals surface area contributed by atoms with Crippen LogP contribution in [-0.4, -0.2) is 11.9 Å². The third kappa shape index (κ3) is 1.66. The first-order chi connectivity index (χ1) is 7.79. The molecule has 2 heteroatoms. The van der Waals surface area contributed by atoms with Gasteiger partial charge in [0.15, 0.2) is 5.79 Å². The van der Waals surface area contributed by atoms with Crippen LogP contribution in [-0.2, 0) is 9.47 Å². The summed E-state index contributed by atoms with van der Waals surface area (Å²) in [5.41, 5.74) is 1.23. The Morgan fingerprint density at radius 1 is 1.06 bits per heavy atom. The standard InChI is InChI=1S/C14H18O2/c1-11-13(12-7-3-2-4-8-12)16-14(15-11)9-5-6-10-14/h2-4,7-8,11,13H,5-6,9-10H2,1H3/t11-,13+/m0/s1. The zero-order valence-corrected chi connectivity index (χ0v) is 9.69. The normalized spacial score (nSPS) is 32.3. The molecule has 0 unspecified atom stereocenters. The van der Waals surface area contributed by atoms with Crippen LogP contribution in [0.4, 0.5) is 0 Å². The van der Waals surface area contributed by atoms with Crippen molar-refractivity contribution in [2.24, 2.45) is 0 Å². The minimum Gasteiger partial charge on any atom is -0.344 e. The highest BCUT2D eigenvalue weighted by molar-refractivity contribution is 5.19. The van der Waals surface area contributed by atoms with Crippen molar-refractivity contribution in [2.75, 3.05) is 0 Å². The molecule has 2 aliphatic rings. The average molecular weight is 218 g/mol. The fourth-order valence-corrected chi connectivity index (χ4v) is 2.89. The summed E-state index contributed by atoms with van der Waals surface area (Å²) in [6.07, 6.45) is 4.85. The number of ether oxygens (including phenoxy) is 2. The van der Waals surface area contributed by atoms with Crippen LogP contribution < -0.4 is 0 Å². The maximum Gasteiger partial charge on any atom is 0.169 e. The molecule has 0 N–H and O–H groups in total. The Hall–Kier alpha value is -0.860. The lowest BCUT2D eigenvalue weighted by Crippen LogP contribution is -2.25. The zero-order valence-electron chi connectivity index (χ0n) is 9.69. The summed E-state index contributed by atoms with van der Waals surface area (Å²) in [6.45, 7) is 2.12. The lowest BCUT2D eigenvalue weighted by atomic mass is 10.1. The number of benzene rings is 1. The van der Waals surface area contributed by atoms with Crippen LogP contribution in [0.2, 0.25) is 0 Å². The highest BCUT2D eigenvalue weighted by Crippen LogP contribution is 2.46. The summed E-state index contributed by atoms with van der Waals surface area (Å²) in [7, 11) is 0. The zero-order chi connectivity index (χ0) is 11.0. The fourth-order valence-electron chi connectivity index (χ4n) is 2.89. The highest BCUT2D eigenvalue weighted by atomic mass is 16.8. The minimum absolute atomic E-state index is 0.110. The molecule has 0 aromatic heterocycles. The van der Waals surface area contributed by atoms with Crippen molar-refractivity contribution in [1.29, 1.82) is 0 Å². The van der Waals surface area contributed by atoms with Crippen LogP contribution in [0.25, 0.3) is 0 Å². The smallest absolute Gasteiger partial charge is 0.169 e. The summed E-state index contributed by atoms with van der Waals surface area (Å²) < 4.78 is 12.2. The molecule has 1 aliphatic heterocycles. The lowest BCUT2D eigenvalue weighted by Gasteiger charge is -2.21. The van der Waals surface area contributed by atoms with Gasteiger partial charge in [-0.15, -0.1) is 0 Å². The topological polar surface area (TPSA) is 18.5 Å². The molecule has 2 atom stereocenters. The average Bonchev–Trinajstić information content (AvgIpc) is 2.88. The Morgan fingerprint density at radius 2 is 1.75 bits per heavy atom. The van der Waals surface area contributed by atoms with Gasteiger partial charge < -0.3 is 9.47 Å². The second-order valence-electron chi connectivity index (χ2n) is 4.89. The van der Waals surface area contributed by atoms with E-state index >= 15 is 0 Å². The molecule has 1 aromatic carbocycles. The predicted molar refractivity (Wildman–Crippen MR) is 62.0 cm³/mol. The number of hydrogen-bond acceptors (Lipinski definition) is 2. The Morgan fingerprint density at radius 3 is 2.44 bits per heavy atom. The molecule has 1 saturated heterocycles. The lowest BCUT2D eigenvalue weighted by molar-refractivity contribution is -0.168. The molecule has 2 nitrogen and oxygen atoms in total. The largest absolute Gasteiger partial charge is 0.344 e. The van der Waals surface area contributed by atoms with E-state index < -0.39 is 0 Å². The summed E-state index contributed by atoms with van der Waals surface area (Å²) in [5, 5.41) is 0. The molecule has 86 valence electrons. The van der Waals surface area contributed by atoms with Gasteiger partial charge in [-0.2, -0.15) is 0 Å². The third-order valence-corrected chi connectivity index (χ3v) is 3.66. The van der Waals surface area contributed by atoms with E-state index in [0.717, 1.165) is 12.8 Å². The first kappa shape index (κ1) is 10.3. The summed E-state index contributed by atoms with van der Waals surface area (Å²) in [5.74, 6) is -0.264. The molecule has 1 aliphatic carbocycles. The molecule has 16 heavy (non-hydrogen) atoms. The van der Waals surface area contributed by atoms with Crippen molar-refractivity contribution in [2.45, 2.75) is 50.6 Å². The van der Waals surface area contributed by atoms with E-state index in [1.807, 2.05) is 6.07 Å². The molecule has 0 amide bonds. The Bertz CT molecular complexity index is 354. The van der Waals surface area contributed by atoms with Crippen molar-refractivity contribution in [3.05, 3.63) is 35.9 Å². The van der Waals surface area contributed by atoms with Gasteiger partial charge in [0, 0.05) is 12.8 Å². The SMILES string of the molecule is C[C@@H]1OC2(CCCC2)O[C@H]1c1ccccc1. The van der Waals surface area contributed by atoms with Gasteiger partial charge in [-0.25, -0.2) is 0 Å². The van der Waals surface area contributed by atoms with E-state index in [1.54, 1.807) is 0 Å². The van der Waals surface area contributed by atoms with Gasteiger partial charge in [0.25, 0.3) is 0 Å². The van der Waals surface area contributed by atoms with E-state index in [9.17, 15) is 0 Å². The first-order valence-corrected chi connectivity index (χ1v) is 6.20. The van der Waals surface area contributed by atoms with Crippen LogP contribution in [0.5, 0.6) is 0 Å². The quantitative estimate of drug-likeness (QED) is 0.719. The molecular weight excluding hydrogens is 200 g/mol. The summed E-state index contributed by atoms with van der Waals surface area (Å²) in [6, 6.07) is 10.4. The third-order valence-electron chi connectivity index (χ3n) is 3.66.